The van der Waals surface area contributed by atoms with Gasteiger partial charge in [0.1, 0.15) is 17.9 Å². The summed E-state index contributed by atoms with van der Waals surface area (Å²) in [4.78, 5) is 22.7. The summed E-state index contributed by atoms with van der Waals surface area (Å²) in [6, 6.07) is 10.1. The van der Waals surface area contributed by atoms with E-state index in [0.29, 0.717) is 11.4 Å². The Morgan fingerprint density at radius 3 is 2.58 bits per heavy atom. The van der Waals surface area contributed by atoms with Crippen LogP contribution in [0.15, 0.2) is 30.3 Å². The average molecular weight is 330 g/mol. The standard InChI is InChI=1S/C17H22N4O3/c1-12(9-10-15-7-5-4-6-8-15)18-16(22)11-20-14(3)17(21(23)24)13(2)19-20/h4-8,12H,9-11H2,1-3H3,(H,18,22)/t12-/m0/s1. The first-order valence-corrected chi connectivity index (χ1v) is 7.90. The largest absolute Gasteiger partial charge is 0.352 e. The first-order valence-electron chi connectivity index (χ1n) is 7.90. The quantitative estimate of drug-likeness (QED) is 0.624. The minimum absolute atomic E-state index is 0.0177. The molecule has 1 aromatic heterocycles. The van der Waals surface area contributed by atoms with E-state index in [2.05, 4.69) is 22.5 Å². The Morgan fingerprint density at radius 2 is 2.00 bits per heavy atom. The van der Waals surface area contributed by atoms with Crippen LogP contribution in [0.5, 0.6) is 0 Å². The average Bonchev–Trinajstić information content (AvgIpc) is 2.80. The Hall–Kier alpha value is -2.70. The number of nitro groups is 1. The van der Waals surface area contributed by atoms with Crippen LogP contribution in [0.2, 0.25) is 0 Å². The summed E-state index contributed by atoms with van der Waals surface area (Å²) >= 11 is 0. The maximum atomic E-state index is 12.1. The highest BCUT2D eigenvalue weighted by molar-refractivity contribution is 5.76. The van der Waals surface area contributed by atoms with E-state index in [0.717, 1.165) is 12.8 Å². The molecular formula is C17H22N4O3. The molecule has 1 N–H and O–H groups in total. The van der Waals surface area contributed by atoms with E-state index < -0.39 is 4.92 Å². The van der Waals surface area contributed by atoms with Crippen molar-refractivity contribution >= 4 is 11.6 Å². The summed E-state index contributed by atoms with van der Waals surface area (Å²) in [6.45, 7) is 5.10. The lowest BCUT2D eigenvalue weighted by Crippen LogP contribution is -2.35. The highest BCUT2D eigenvalue weighted by atomic mass is 16.6. The molecule has 0 radical (unpaired) electrons. The molecule has 7 nitrogen and oxygen atoms in total. The molecule has 0 bridgehead atoms. The molecule has 7 heteroatoms. The monoisotopic (exact) mass is 330 g/mol. The van der Waals surface area contributed by atoms with Gasteiger partial charge < -0.3 is 5.32 Å². The SMILES string of the molecule is Cc1nn(CC(=O)N[C@@H](C)CCc2ccccc2)c(C)c1[N+](=O)[O-]. The van der Waals surface area contributed by atoms with E-state index in [9.17, 15) is 14.9 Å². The zero-order valence-corrected chi connectivity index (χ0v) is 14.2. The Bertz CT molecular complexity index is 725. The molecular weight excluding hydrogens is 308 g/mol. The van der Waals surface area contributed by atoms with E-state index in [1.165, 1.54) is 10.2 Å². The lowest BCUT2D eigenvalue weighted by atomic mass is 10.1. The summed E-state index contributed by atoms with van der Waals surface area (Å²) < 4.78 is 1.38. The lowest BCUT2D eigenvalue weighted by Gasteiger charge is -2.14. The molecule has 2 rings (SSSR count). The number of rotatable bonds is 7. The van der Waals surface area contributed by atoms with Gasteiger partial charge in [-0.25, -0.2) is 0 Å². The van der Waals surface area contributed by atoms with Crippen LogP contribution in [-0.4, -0.2) is 26.7 Å². The molecule has 0 saturated heterocycles. The van der Waals surface area contributed by atoms with E-state index in [1.54, 1.807) is 13.8 Å². The van der Waals surface area contributed by atoms with Gasteiger partial charge in [0.2, 0.25) is 5.91 Å². The van der Waals surface area contributed by atoms with Crippen LogP contribution in [0.1, 0.15) is 30.3 Å². The lowest BCUT2D eigenvalue weighted by molar-refractivity contribution is -0.386. The smallest absolute Gasteiger partial charge is 0.312 e. The van der Waals surface area contributed by atoms with Crippen molar-refractivity contribution in [3.05, 3.63) is 57.4 Å². The van der Waals surface area contributed by atoms with Crippen molar-refractivity contribution in [1.82, 2.24) is 15.1 Å². The molecule has 0 aliphatic heterocycles. The summed E-state index contributed by atoms with van der Waals surface area (Å²) in [5, 5.41) is 18.0. The number of aryl methyl sites for hydroxylation is 2. The van der Waals surface area contributed by atoms with Crippen LogP contribution >= 0.6 is 0 Å². The van der Waals surface area contributed by atoms with Gasteiger partial charge in [0.05, 0.1) is 4.92 Å². The molecule has 128 valence electrons. The molecule has 24 heavy (non-hydrogen) atoms. The number of nitrogens with zero attached hydrogens (tertiary/aromatic N) is 3. The summed E-state index contributed by atoms with van der Waals surface area (Å²) in [6.07, 6.45) is 1.71. The second-order valence-electron chi connectivity index (χ2n) is 5.93. The maximum absolute atomic E-state index is 12.1. The molecule has 1 aromatic carbocycles. The number of benzene rings is 1. The Kier molecular flexibility index (Phi) is 5.68. The van der Waals surface area contributed by atoms with Gasteiger partial charge in [-0.2, -0.15) is 5.10 Å². The van der Waals surface area contributed by atoms with Crippen molar-refractivity contribution in [2.24, 2.45) is 0 Å². The fourth-order valence-electron chi connectivity index (χ4n) is 2.66. The topological polar surface area (TPSA) is 90.1 Å². The zero-order chi connectivity index (χ0) is 17.7. The highest BCUT2D eigenvalue weighted by Crippen LogP contribution is 2.21. The summed E-state index contributed by atoms with van der Waals surface area (Å²) in [5.74, 6) is -0.198. The van der Waals surface area contributed by atoms with Crippen molar-refractivity contribution in [2.45, 2.75) is 46.2 Å². The number of hydrogen-bond donors (Lipinski definition) is 1. The van der Waals surface area contributed by atoms with Gasteiger partial charge in [0.25, 0.3) is 0 Å². The van der Waals surface area contributed by atoms with Crippen molar-refractivity contribution in [1.29, 1.82) is 0 Å². The number of carbonyl (C=O) groups excluding carboxylic acids is 1. The van der Waals surface area contributed by atoms with Crippen LogP contribution in [0.4, 0.5) is 5.69 Å². The Morgan fingerprint density at radius 1 is 1.33 bits per heavy atom. The third kappa shape index (κ3) is 4.41. The zero-order valence-electron chi connectivity index (χ0n) is 14.2. The van der Waals surface area contributed by atoms with Crippen LogP contribution in [-0.2, 0) is 17.8 Å². The van der Waals surface area contributed by atoms with Gasteiger partial charge in [0.15, 0.2) is 0 Å². The normalized spacial score (nSPS) is 12.0. The van der Waals surface area contributed by atoms with Crippen LogP contribution < -0.4 is 5.32 Å². The van der Waals surface area contributed by atoms with Crippen LogP contribution in [0, 0.1) is 24.0 Å². The van der Waals surface area contributed by atoms with E-state index >= 15 is 0 Å². The van der Waals surface area contributed by atoms with Gasteiger partial charge >= 0.3 is 5.69 Å². The highest BCUT2D eigenvalue weighted by Gasteiger charge is 2.22. The number of hydrogen-bond acceptors (Lipinski definition) is 4. The Labute approximate surface area is 140 Å². The second-order valence-corrected chi connectivity index (χ2v) is 5.93. The summed E-state index contributed by atoms with van der Waals surface area (Å²) in [5.41, 5.74) is 1.92. The van der Waals surface area contributed by atoms with Crippen molar-refractivity contribution in [2.75, 3.05) is 0 Å². The predicted molar refractivity (Wildman–Crippen MR) is 90.7 cm³/mol. The van der Waals surface area contributed by atoms with Gasteiger partial charge in [-0.05, 0) is 39.2 Å². The second kappa shape index (κ2) is 7.72. The fraction of sp³-hybridized carbons (Fsp3) is 0.412. The van der Waals surface area contributed by atoms with E-state index in [-0.39, 0.29) is 24.2 Å². The molecule has 0 fully saturated rings. The predicted octanol–water partition coefficient (Wildman–Crippen LogP) is 2.55. The number of carbonyl (C=O) groups is 1. The van der Waals surface area contributed by atoms with Crippen molar-refractivity contribution < 1.29 is 9.72 Å². The number of aromatic nitrogens is 2. The molecule has 0 aliphatic rings. The minimum Gasteiger partial charge on any atom is -0.352 e. The van der Waals surface area contributed by atoms with Crippen LogP contribution in [0.25, 0.3) is 0 Å². The first kappa shape index (κ1) is 17.7. The van der Waals surface area contributed by atoms with Crippen molar-refractivity contribution in [3.63, 3.8) is 0 Å². The summed E-state index contributed by atoms with van der Waals surface area (Å²) in [7, 11) is 0. The van der Waals surface area contributed by atoms with Gasteiger partial charge in [0, 0.05) is 6.04 Å². The van der Waals surface area contributed by atoms with Gasteiger partial charge in [-0.1, -0.05) is 30.3 Å². The number of nitrogens with one attached hydrogen (secondary N) is 1. The fourth-order valence-corrected chi connectivity index (χ4v) is 2.66. The van der Waals surface area contributed by atoms with Gasteiger partial charge in [-0.15, -0.1) is 0 Å². The molecule has 1 amide bonds. The molecule has 0 aliphatic carbocycles. The molecule has 0 saturated carbocycles. The minimum atomic E-state index is -0.464. The Balaban J connectivity index is 1.89. The third-order valence-corrected chi connectivity index (χ3v) is 3.94. The van der Waals surface area contributed by atoms with Crippen LogP contribution in [0.3, 0.4) is 0 Å². The maximum Gasteiger partial charge on any atom is 0.312 e. The van der Waals surface area contributed by atoms with Crippen molar-refractivity contribution in [3.8, 4) is 0 Å². The molecule has 0 spiro atoms. The van der Waals surface area contributed by atoms with E-state index in [1.807, 2.05) is 25.1 Å². The first-order chi connectivity index (χ1) is 11.4. The molecule has 2 aromatic rings. The number of amides is 1. The van der Waals surface area contributed by atoms with E-state index in [4.69, 9.17) is 0 Å². The molecule has 1 heterocycles. The third-order valence-electron chi connectivity index (χ3n) is 3.94. The molecule has 1 atom stereocenters. The molecule has 0 unspecified atom stereocenters. The van der Waals surface area contributed by atoms with Gasteiger partial charge in [-0.3, -0.25) is 19.6 Å².